The first-order valence-corrected chi connectivity index (χ1v) is 8.75. The fraction of sp³-hybridized carbons (Fsp3) is 0.389. The average Bonchev–Trinajstić information content (AvgIpc) is 3.25. The van der Waals surface area contributed by atoms with E-state index < -0.39 is 5.60 Å². The maximum absolute atomic E-state index is 11.2. The molecule has 3 aromatic rings. The number of nitrogens with two attached hydrogens (primary N) is 1. The molecule has 9 nitrogen and oxygen atoms in total. The zero-order chi connectivity index (χ0) is 19.2. The summed E-state index contributed by atoms with van der Waals surface area (Å²) in [7, 11) is 0. The Balaban J connectivity index is 1.85. The van der Waals surface area contributed by atoms with E-state index in [-0.39, 0.29) is 24.7 Å². The third-order valence-corrected chi connectivity index (χ3v) is 5.03. The van der Waals surface area contributed by atoms with Crippen molar-refractivity contribution in [2.75, 3.05) is 5.73 Å². The van der Waals surface area contributed by atoms with Crippen LogP contribution in [-0.2, 0) is 17.0 Å². The van der Waals surface area contributed by atoms with Gasteiger partial charge in [-0.2, -0.15) is 15.6 Å². The molecule has 0 aliphatic carbocycles. The molecule has 5 N–H and O–H groups in total. The lowest BCUT2D eigenvalue weighted by atomic mass is 9.86. The number of nitrogens with zero attached hydrogens (tertiary/aromatic N) is 4. The molecule has 1 aliphatic heterocycles. The van der Waals surface area contributed by atoms with Crippen LogP contribution in [0, 0.1) is 0 Å². The molecule has 1 aliphatic rings. The molecular weight excluding hydrogens is 348 g/mol. The minimum atomic E-state index is -1.15. The molecule has 0 radical (unpaired) electrons. The number of aromatic nitrogens is 4. The number of fused-ring (bicyclic) bond motifs is 1. The van der Waals surface area contributed by atoms with Crippen molar-refractivity contribution in [2.45, 2.75) is 44.6 Å². The van der Waals surface area contributed by atoms with Crippen molar-refractivity contribution in [3.63, 3.8) is 0 Å². The fourth-order valence-electron chi connectivity index (χ4n) is 3.44. The van der Waals surface area contributed by atoms with Gasteiger partial charge in [0.25, 0.3) is 0 Å². The molecule has 0 spiro atoms. The topological polar surface area (TPSA) is 131 Å². The number of hydrogen-bond acceptors (Lipinski definition) is 8. The summed E-state index contributed by atoms with van der Waals surface area (Å²) in [6.45, 7) is 3.49. The van der Waals surface area contributed by atoms with E-state index in [2.05, 4.69) is 20.5 Å². The van der Waals surface area contributed by atoms with Gasteiger partial charge in [-0.25, -0.2) is 9.67 Å². The molecule has 4 rings (SSSR count). The van der Waals surface area contributed by atoms with Gasteiger partial charge >= 0.3 is 0 Å². The highest BCUT2D eigenvalue weighted by molar-refractivity contribution is 5.84. The van der Waals surface area contributed by atoms with E-state index in [1.165, 1.54) is 0 Å². The number of rotatable bonds is 4. The number of hydroxylamine groups is 1. The van der Waals surface area contributed by atoms with Gasteiger partial charge in [-0.15, -0.1) is 0 Å². The molecule has 1 saturated heterocycles. The average molecular weight is 370 g/mol. The Morgan fingerprint density at radius 2 is 2.22 bits per heavy atom. The molecule has 1 aromatic carbocycles. The van der Waals surface area contributed by atoms with Crippen LogP contribution in [0.15, 0.2) is 30.5 Å². The Morgan fingerprint density at radius 3 is 2.89 bits per heavy atom. The van der Waals surface area contributed by atoms with Crippen molar-refractivity contribution >= 4 is 16.9 Å². The van der Waals surface area contributed by atoms with E-state index >= 15 is 0 Å². The van der Waals surface area contributed by atoms with Crippen LogP contribution in [0.4, 0.5) is 5.95 Å². The van der Waals surface area contributed by atoms with Crippen LogP contribution in [0.3, 0.4) is 0 Å². The summed E-state index contributed by atoms with van der Waals surface area (Å²) in [6, 6.07) is 6.98. The van der Waals surface area contributed by atoms with Crippen molar-refractivity contribution < 1.29 is 15.1 Å². The number of aliphatic hydroxyl groups is 2. The molecule has 9 heteroatoms. The molecule has 142 valence electrons. The first-order chi connectivity index (χ1) is 12.9. The summed E-state index contributed by atoms with van der Waals surface area (Å²) in [6.07, 6.45) is 2.26. The molecule has 3 atom stereocenters. The highest BCUT2D eigenvalue weighted by atomic mass is 16.7. The summed E-state index contributed by atoms with van der Waals surface area (Å²) in [5.41, 5.74) is 9.39. The normalized spacial score (nSPS) is 22.2. The van der Waals surface area contributed by atoms with Crippen molar-refractivity contribution in [3.05, 3.63) is 41.7 Å². The van der Waals surface area contributed by atoms with E-state index in [1.807, 2.05) is 25.1 Å². The predicted octanol–water partition coefficient (Wildman–Crippen LogP) is 0.779. The fourth-order valence-corrected chi connectivity index (χ4v) is 3.44. The van der Waals surface area contributed by atoms with Crippen LogP contribution in [0.5, 0.6) is 0 Å². The Morgan fingerprint density at radius 1 is 1.41 bits per heavy atom. The molecule has 27 heavy (non-hydrogen) atoms. The van der Waals surface area contributed by atoms with E-state index in [4.69, 9.17) is 10.6 Å². The van der Waals surface area contributed by atoms with Crippen LogP contribution in [0.1, 0.15) is 31.5 Å². The summed E-state index contributed by atoms with van der Waals surface area (Å²) in [5, 5.41) is 26.1. The molecule has 0 saturated carbocycles. The molecule has 1 fully saturated rings. The third kappa shape index (κ3) is 3.04. The minimum Gasteiger partial charge on any atom is -0.390 e. The smallest absolute Gasteiger partial charge is 0.221 e. The minimum absolute atomic E-state index is 0.0284. The van der Waals surface area contributed by atoms with Crippen molar-refractivity contribution in [2.24, 2.45) is 0 Å². The standard InChI is InChI=1S/C18H22N6O3/c1-10-7-15(23-27-10)18(2,26)11-3-4-12-13(9-25)22-24(14(12)8-11)16-5-6-20-17(19)21-16/h3-6,8,10,15,23,25-26H,7,9H2,1-2H3,(H2,19,20,21)/t10?,15?,18-/m1/s1. The molecule has 0 amide bonds. The van der Waals surface area contributed by atoms with Gasteiger partial charge in [0.1, 0.15) is 5.60 Å². The van der Waals surface area contributed by atoms with Gasteiger partial charge in [-0.1, -0.05) is 12.1 Å². The van der Waals surface area contributed by atoms with E-state index in [0.29, 0.717) is 29.0 Å². The first kappa shape index (κ1) is 17.8. The largest absolute Gasteiger partial charge is 0.390 e. The van der Waals surface area contributed by atoms with Crippen LogP contribution < -0.4 is 11.2 Å². The van der Waals surface area contributed by atoms with E-state index in [9.17, 15) is 10.2 Å². The zero-order valence-corrected chi connectivity index (χ0v) is 15.1. The van der Waals surface area contributed by atoms with Gasteiger partial charge in [0.15, 0.2) is 5.82 Å². The molecule has 0 bridgehead atoms. The SMILES string of the molecule is CC1CC([C@](C)(O)c2ccc3c(CO)nn(-c4ccnc(N)n4)c3c2)NO1. The predicted molar refractivity (Wildman–Crippen MR) is 98.7 cm³/mol. The van der Waals surface area contributed by atoms with Crippen molar-refractivity contribution in [3.8, 4) is 5.82 Å². The Labute approximate surface area is 155 Å². The number of aliphatic hydroxyl groups excluding tert-OH is 1. The molecular formula is C18H22N6O3. The second-order valence-corrected chi connectivity index (χ2v) is 7.00. The van der Waals surface area contributed by atoms with E-state index in [0.717, 1.165) is 5.39 Å². The summed E-state index contributed by atoms with van der Waals surface area (Å²) in [4.78, 5) is 13.5. The second kappa shape index (κ2) is 6.54. The summed E-state index contributed by atoms with van der Waals surface area (Å²) < 4.78 is 1.60. The van der Waals surface area contributed by atoms with Crippen LogP contribution in [0.25, 0.3) is 16.7 Å². The van der Waals surface area contributed by atoms with Gasteiger partial charge in [-0.3, -0.25) is 4.84 Å². The van der Waals surface area contributed by atoms with E-state index in [1.54, 1.807) is 23.9 Å². The summed E-state index contributed by atoms with van der Waals surface area (Å²) in [5.74, 6) is 0.617. The van der Waals surface area contributed by atoms with Gasteiger partial charge in [-0.05, 0) is 31.9 Å². The number of nitrogen functional groups attached to an aromatic ring is 1. The molecule has 2 aromatic heterocycles. The number of anilines is 1. The molecule has 2 unspecified atom stereocenters. The number of benzene rings is 1. The first-order valence-electron chi connectivity index (χ1n) is 8.75. The lowest BCUT2D eigenvalue weighted by Crippen LogP contribution is -2.42. The van der Waals surface area contributed by atoms with Crippen molar-refractivity contribution in [1.82, 2.24) is 25.2 Å². The van der Waals surface area contributed by atoms with Gasteiger partial charge in [0, 0.05) is 17.6 Å². The number of nitrogens with one attached hydrogen (secondary N) is 1. The van der Waals surface area contributed by atoms with Gasteiger partial charge in [0.2, 0.25) is 5.95 Å². The third-order valence-electron chi connectivity index (χ3n) is 5.03. The zero-order valence-electron chi connectivity index (χ0n) is 15.1. The van der Waals surface area contributed by atoms with Gasteiger partial charge in [0.05, 0.1) is 30.0 Å². The van der Waals surface area contributed by atoms with Crippen LogP contribution in [0.2, 0.25) is 0 Å². The highest BCUT2D eigenvalue weighted by Crippen LogP contribution is 2.33. The lowest BCUT2D eigenvalue weighted by molar-refractivity contribution is -0.0266. The monoisotopic (exact) mass is 370 g/mol. The Bertz CT molecular complexity index is 986. The second-order valence-electron chi connectivity index (χ2n) is 7.00. The summed E-state index contributed by atoms with van der Waals surface area (Å²) >= 11 is 0. The van der Waals surface area contributed by atoms with Gasteiger partial charge < -0.3 is 15.9 Å². The maximum atomic E-state index is 11.2. The Hall–Kier alpha value is -2.59. The highest BCUT2D eigenvalue weighted by Gasteiger charge is 2.39. The van der Waals surface area contributed by atoms with Crippen molar-refractivity contribution in [1.29, 1.82) is 0 Å². The van der Waals surface area contributed by atoms with Crippen LogP contribution >= 0.6 is 0 Å². The number of hydrogen-bond donors (Lipinski definition) is 4. The van der Waals surface area contributed by atoms with Crippen LogP contribution in [-0.4, -0.2) is 42.1 Å². The Kier molecular flexibility index (Phi) is 4.31. The molecule has 3 heterocycles. The lowest BCUT2D eigenvalue weighted by Gasteiger charge is -2.29. The maximum Gasteiger partial charge on any atom is 0.221 e. The quantitative estimate of drug-likeness (QED) is 0.530.